The van der Waals surface area contributed by atoms with Crippen molar-refractivity contribution >= 4 is 28.1 Å². The normalized spacial score (nSPS) is 15.7. The fourth-order valence-electron chi connectivity index (χ4n) is 3.65. The lowest BCUT2D eigenvalue weighted by molar-refractivity contribution is 0.549. The molecule has 0 spiro atoms. The molecule has 0 aliphatic carbocycles. The number of nitrogens with one attached hydrogen (secondary N) is 1. The average Bonchev–Trinajstić information content (AvgIpc) is 2.73. The molecular weight excluding hydrogens is 372 g/mol. The van der Waals surface area contributed by atoms with Crippen LogP contribution in [0.5, 0.6) is 0 Å². The standard InChI is InChI=1S/C21H24N4O2S/c26-28(27)23-10-9-16-5-4-6-17(13-16)18-7-8-19-20(14-18)24-21(15-22-19)25-11-2-1-3-12-25/h4-8,13-15,23H,1-3,9-12H2,(H,26,27). The van der Waals surface area contributed by atoms with E-state index < -0.39 is 11.3 Å². The lowest BCUT2D eigenvalue weighted by Gasteiger charge is -2.27. The summed E-state index contributed by atoms with van der Waals surface area (Å²) < 4.78 is 22.1. The number of fused-ring (bicyclic) bond motifs is 1. The van der Waals surface area contributed by atoms with Gasteiger partial charge in [0.05, 0.1) is 17.2 Å². The topological polar surface area (TPSA) is 78.3 Å². The maximum atomic E-state index is 10.7. The second-order valence-corrected chi connectivity index (χ2v) is 7.86. The molecule has 4 rings (SSSR count). The zero-order chi connectivity index (χ0) is 19.3. The van der Waals surface area contributed by atoms with Gasteiger partial charge < -0.3 is 4.90 Å². The SMILES string of the molecule is O=S(O)NCCc1cccc(-c2ccc3ncc(N4CCCCC4)nc3c2)c1. The van der Waals surface area contributed by atoms with Crippen molar-refractivity contribution < 1.29 is 8.76 Å². The van der Waals surface area contributed by atoms with Crippen LogP contribution in [0, 0.1) is 0 Å². The van der Waals surface area contributed by atoms with Crippen molar-refractivity contribution in [2.24, 2.45) is 0 Å². The van der Waals surface area contributed by atoms with E-state index in [2.05, 4.69) is 38.9 Å². The highest BCUT2D eigenvalue weighted by Gasteiger charge is 2.13. The smallest absolute Gasteiger partial charge is 0.231 e. The quantitative estimate of drug-likeness (QED) is 0.623. The Morgan fingerprint density at radius 2 is 1.86 bits per heavy atom. The van der Waals surface area contributed by atoms with E-state index >= 15 is 0 Å². The maximum Gasteiger partial charge on any atom is 0.231 e. The van der Waals surface area contributed by atoms with Gasteiger partial charge in [0.2, 0.25) is 11.3 Å². The molecule has 1 aromatic heterocycles. The highest BCUT2D eigenvalue weighted by atomic mass is 32.2. The van der Waals surface area contributed by atoms with Crippen LogP contribution >= 0.6 is 0 Å². The summed E-state index contributed by atoms with van der Waals surface area (Å²) in [5.41, 5.74) is 5.12. The molecule has 2 heterocycles. The van der Waals surface area contributed by atoms with Crippen molar-refractivity contribution in [2.75, 3.05) is 24.5 Å². The van der Waals surface area contributed by atoms with Crippen LogP contribution in [0.2, 0.25) is 0 Å². The van der Waals surface area contributed by atoms with Gasteiger partial charge in [-0.3, -0.25) is 9.54 Å². The first-order valence-corrected chi connectivity index (χ1v) is 10.8. The third-order valence-corrected chi connectivity index (χ3v) is 5.56. The molecular formula is C21H24N4O2S. The number of aromatic nitrogens is 2. The summed E-state index contributed by atoms with van der Waals surface area (Å²) in [6.45, 7) is 2.55. The highest BCUT2D eigenvalue weighted by Crippen LogP contribution is 2.26. The van der Waals surface area contributed by atoms with Crippen molar-refractivity contribution in [1.82, 2.24) is 14.7 Å². The van der Waals surface area contributed by atoms with E-state index in [1.807, 2.05) is 24.4 Å². The first-order valence-electron chi connectivity index (χ1n) is 9.64. The van der Waals surface area contributed by atoms with Crippen LogP contribution in [-0.4, -0.2) is 38.4 Å². The number of hydrogen-bond donors (Lipinski definition) is 2. The van der Waals surface area contributed by atoms with E-state index in [0.29, 0.717) is 13.0 Å². The second kappa shape index (κ2) is 8.77. The van der Waals surface area contributed by atoms with Gasteiger partial charge in [-0.25, -0.2) is 13.9 Å². The van der Waals surface area contributed by atoms with Gasteiger partial charge in [-0.1, -0.05) is 30.3 Å². The predicted octanol–water partition coefficient (Wildman–Crippen LogP) is 3.56. The maximum absolute atomic E-state index is 10.7. The largest absolute Gasteiger partial charge is 0.355 e. The zero-order valence-corrected chi connectivity index (χ0v) is 16.5. The van der Waals surface area contributed by atoms with E-state index in [-0.39, 0.29) is 0 Å². The average molecular weight is 397 g/mol. The first kappa shape index (κ1) is 19.0. The van der Waals surface area contributed by atoms with Gasteiger partial charge in [-0.2, -0.15) is 0 Å². The Balaban J connectivity index is 1.59. The molecule has 2 aromatic carbocycles. The molecule has 3 aromatic rings. The van der Waals surface area contributed by atoms with Crippen LogP contribution in [-0.2, 0) is 17.7 Å². The van der Waals surface area contributed by atoms with Crippen LogP contribution in [0.15, 0.2) is 48.7 Å². The van der Waals surface area contributed by atoms with Gasteiger partial charge >= 0.3 is 0 Å². The van der Waals surface area contributed by atoms with Gasteiger partial charge in [0.1, 0.15) is 5.82 Å². The monoisotopic (exact) mass is 396 g/mol. The molecule has 1 fully saturated rings. The van der Waals surface area contributed by atoms with Crippen LogP contribution in [0.25, 0.3) is 22.2 Å². The van der Waals surface area contributed by atoms with Crippen molar-refractivity contribution in [3.05, 3.63) is 54.2 Å². The minimum Gasteiger partial charge on any atom is -0.355 e. The summed E-state index contributed by atoms with van der Waals surface area (Å²) in [7, 11) is 0. The van der Waals surface area contributed by atoms with Crippen LogP contribution in [0.4, 0.5) is 5.82 Å². The van der Waals surface area contributed by atoms with E-state index in [0.717, 1.165) is 46.6 Å². The summed E-state index contributed by atoms with van der Waals surface area (Å²) in [4.78, 5) is 11.8. The summed E-state index contributed by atoms with van der Waals surface area (Å²) in [6.07, 6.45) is 6.29. The Hall–Kier alpha value is -2.35. The van der Waals surface area contributed by atoms with Gasteiger partial charge in [0.15, 0.2) is 0 Å². The number of piperidine rings is 1. The Labute approximate surface area is 167 Å². The summed E-state index contributed by atoms with van der Waals surface area (Å²) >= 11 is -1.97. The zero-order valence-electron chi connectivity index (χ0n) is 15.7. The molecule has 1 atom stereocenters. The molecule has 6 nitrogen and oxygen atoms in total. The van der Waals surface area contributed by atoms with Crippen LogP contribution in [0.1, 0.15) is 24.8 Å². The lowest BCUT2D eigenvalue weighted by atomic mass is 10.0. The molecule has 1 aliphatic heterocycles. The Bertz CT molecular complexity index is 989. The van der Waals surface area contributed by atoms with E-state index in [9.17, 15) is 4.21 Å². The van der Waals surface area contributed by atoms with Crippen LogP contribution in [0.3, 0.4) is 0 Å². The highest BCUT2D eigenvalue weighted by molar-refractivity contribution is 7.77. The van der Waals surface area contributed by atoms with Gasteiger partial charge in [-0.05, 0) is 54.5 Å². The number of rotatable bonds is 6. The Morgan fingerprint density at radius 3 is 2.68 bits per heavy atom. The van der Waals surface area contributed by atoms with Gasteiger partial charge in [-0.15, -0.1) is 0 Å². The molecule has 0 radical (unpaired) electrons. The number of anilines is 1. The summed E-state index contributed by atoms with van der Waals surface area (Å²) in [6, 6.07) is 14.4. The molecule has 1 saturated heterocycles. The number of benzene rings is 2. The molecule has 2 N–H and O–H groups in total. The van der Waals surface area contributed by atoms with E-state index in [1.54, 1.807) is 0 Å². The van der Waals surface area contributed by atoms with Crippen molar-refractivity contribution in [2.45, 2.75) is 25.7 Å². The molecule has 7 heteroatoms. The van der Waals surface area contributed by atoms with Crippen molar-refractivity contribution in [1.29, 1.82) is 0 Å². The second-order valence-electron chi connectivity index (χ2n) is 7.07. The minimum absolute atomic E-state index is 0.453. The first-order chi connectivity index (χ1) is 13.7. The van der Waals surface area contributed by atoms with Crippen molar-refractivity contribution in [3.63, 3.8) is 0 Å². The summed E-state index contributed by atoms with van der Waals surface area (Å²) in [5.74, 6) is 0.959. The molecule has 0 bridgehead atoms. The molecule has 1 aliphatic rings. The van der Waals surface area contributed by atoms with Crippen molar-refractivity contribution in [3.8, 4) is 11.1 Å². The molecule has 146 valence electrons. The Morgan fingerprint density at radius 1 is 1.04 bits per heavy atom. The molecule has 0 amide bonds. The molecule has 1 unspecified atom stereocenters. The summed E-state index contributed by atoms with van der Waals surface area (Å²) in [5, 5.41) is 0. The fraction of sp³-hybridized carbons (Fsp3) is 0.333. The minimum atomic E-state index is -1.97. The van der Waals surface area contributed by atoms with Gasteiger partial charge in [0.25, 0.3) is 0 Å². The molecule has 0 saturated carbocycles. The lowest BCUT2D eigenvalue weighted by Crippen LogP contribution is -2.30. The van der Waals surface area contributed by atoms with E-state index in [4.69, 9.17) is 9.54 Å². The fourth-order valence-corrected chi connectivity index (χ4v) is 3.92. The number of nitrogens with zero attached hydrogens (tertiary/aromatic N) is 3. The van der Waals surface area contributed by atoms with Crippen LogP contribution < -0.4 is 9.62 Å². The number of hydrogen-bond acceptors (Lipinski definition) is 4. The third-order valence-electron chi connectivity index (χ3n) is 5.11. The third kappa shape index (κ3) is 4.55. The Kier molecular flexibility index (Phi) is 5.95. The predicted molar refractivity (Wildman–Crippen MR) is 114 cm³/mol. The van der Waals surface area contributed by atoms with Gasteiger partial charge in [0, 0.05) is 19.6 Å². The van der Waals surface area contributed by atoms with E-state index in [1.165, 1.54) is 19.3 Å². The molecule has 28 heavy (non-hydrogen) atoms.